The molecule has 0 saturated heterocycles. The minimum absolute atomic E-state index is 0.417. The van der Waals surface area contributed by atoms with Gasteiger partial charge in [-0.3, -0.25) is 0 Å². The Morgan fingerprint density at radius 1 is 1.25 bits per heavy atom. The SMILES string of the molecule is CC(C)(C)OC(=O)NC(CS(=O)(=O)Cl)c1ccccc1C(F)(F)F. The number of carbonyl (C=O) groups excluding carboxylic acids is 1. The molecule has 24 heavy (non-hydrogen) atoms. The number of halogens is 4. The van der Waals surface area contributed by atoms with Gasteiger partial charge in [0.1, 0.15) is 5.60 Å². The second-order valence-corrected chi connectivity index (χ2v) is 8.81. The highest BCUT2D eigenvalue weighted by atomic mass is 35.7. The smallest absolute Gasteiger partial charge is 0.416 e. The zero-order valence-corrected chi connectivity index (χ0v) is 14.7. The van der Waals surface area contributed by atoms with Gasteiger partial charge in [-0.2, -0.15) is 13.2 Å². The summed E-state index contributed by atoms with van der Waals surface area (Å²) in [5.74, 6) is -0.916. The van der Waals surface area contributed by atoms with Gasteiger partial charge in [0.15, 0.2) is 0 Å². The molecule has 136 valence electrons. The molecule has 0 aliphatic carbocycles. The number of benzene rings is 1. The normalized spacial score (nSPS) is 14.1. The average Bonchev–Trinajstić information content (AvgIpc) is 2.33. The summed E-state index contributed by atoms with van der Waals surface area (Å²) in [6.45, 7) is 4.68. The van der Waals surface area contributed by atoms with Gasteiger partial charge in [0.2, 0.25) is 9.05 Å². The fraction of sp³-hybridized carbons (Fsp3) is 0.500. The maximum Gasteiger partial charge on any atom is 0.416 e. The summed E-state index contributed by atoms with van der Waals surface area (Å²) in [6, 6.07) is 2.81. The summed E-state index contributed by atoms with van der Waals surface area (Å²) in [7, 11) is 0.971. The van der Waals surface area contributed by atoms with E-state index in [1.807, 2.05) is 0 Å². The zero-order chi connectivity index (χ0) is 18.8. The van der Waals surface area contributed by atoms with Crippen molar-refractivity contribution in [2.75, 3.05) is 5.75 Å². The number of hydrogen-bond donors (Lipinski definition) is 1. The fourth-order valence-corrected chi connectivity index (χ4v) is 2.96. The van der Waals surface area contributed by atoms with Gasteiger partial charge in [0, 0.05) is 10.7 Å². The third-order valence-corrected chi connectivity index (χ3v) is 3.81. The number of amides is 1. The maximum absolute atomic E-state index is 13.1. The Bertz CT molecular complexity index is 699. The molecule has 1 aromatic rings. The highest BCUT2D eigenvalue weighted by Gasteiger charge is 2.36. The first-order chi connectivity index (χ1) is 10.7. The fourth-order valence-electron chi connectivity index (χ4n) is 1.92. The molecule has 0 aromatic heterocycles. The van der Waals surface area contributed by atoms with E-state index in [1.165, 1.54) is 6.07 Å². The van der Waals surface area contributed by atoms with E-state index in [9.17, 15) is 26.4 Å². The molecule has 0 heterocycles. The standard InChI is InChI=1S/C14H17ClF3NO4S/c1-13(2,3)23-12(20)19-11(8-24(15,21)22)9-6-4-5-7-10(9)14(16,17)18/h4-7,11H,8H2,1-3H3,(H,19,20). The van der Waals surface area contributed by atoms with Crippen molar-refractivity contribution >= 4 is 25.8 Å². The van der Waals surface area contributed by atoms with Gasteiger partial charge in [-0.25, -0.2) is 13.2 Å². The number of hydrogen-bond acceptors (Lipinski definition) is 4. The van der Waals surface area contributed by atoms with E-state index in [0.29, 0.717) is 0 Å². The Hall–Kier alpha value is -1.48. The topological polar surface area (TPSA) is 72.5 Å². The molecule has 10 heteroatoms. The molecule has 5 nitrogen and oxygen atoms in total. The Morgan fingerprint density at radius 2 is 1.79 bits per heavy atom. The molecule has 1 unspecified atom stereocenters. The lowest BCUT2D eigenvalue weighted by Gasteiger charge is -2.25. The zero-order valence-electron chi connectivity index (χ0n) is 13.1. The quantitative estimate of drug-likeness (QED) is 0.797. The van der Waals surface area contributed by atoms with Crippen LogP contribution in [0, 0.1) is 0 Å². The molecule has 0 aliphatic heterocycles. The summed E-state index contributed by atoms with van der Waals surface area (Å²) >= 11 is 0. The highest BCUT2D eigenvalue weighted by Crippen LogP contribution is 2.35. The summed E-state index contributed by atoms with van der Waals surface area (Å²) < 4.78 is 67.0. The lowest BCUT2D eigenvalue weighted by Crippen LogP contribution is -2.37. The van der Waals surface area contributed by atoms with Crippen molar-refractivity contribution in [3.05, 3.63) is 35.4 Å². The highest BCUT2D eigenvalue weighted by molar-refractivity contribution is 8.13. The molecule has 0 fully saturated rings. The van der Waals surface area contributed by atoms with Crippen molar-refractivity contribution in [1.29, 1.82) is 0 Å². The molecule has 0 saturated carbocycles. The van der Waals surface area contributed by atoms with Gasteiger partial charge in [0.25, 0.3) is 0 Å². The van der Waals surface area contributed by atoms with Crippen LogP contribution in [0.25, 0.3) is 0 Å². The second kappa shape index (κ2) is 7.18. The van der Waals surface area contributed by atoms with Gasteiger partial charge in [0.05, 0.1) is 17.4 Å². The number of carbonyl (C=O) groups is 1. The minimum Gasteiger partial charge on any atom is -0.444 e. The van der Waals surface area contributed by atoms with Gasteiger partial charge in [-0.15, -0.1) is 0 Å². The second-order valence-electron chi connectivity index (χ2n) is 5.99. The van der Waals surface area contributed by atoms with Crippen LogP contribution < -0.4 is 5.32 Å². The van der Waals surface area contributed by atoms with Crippen LogP contribution in [-0.4, -0.2) is 25.9 Å². The Kier molecular flexibility index (Phi) is 6.15. The van der Waals surface area contributed by atoms with Crippen LogP contribution in [-0.2, 0) is 20.0 Å². The van der Waals surface area contributed by atoms with E-state index in [4.69, 9.17) is 15.4 Å². The van der Waals surface area contributed by atoms with Crippen LogP contribution in [0.5, 0.6) is 0 Å². The average molecular weight is 388 g/mol. The van der Waals surface area contributed by atoms with Crippen LogP contribution in [0.15, 0.2) is 24.3 Å². The van der Waals surface area contributed by atoms with Crippen LogP contribution in [0.3, 0.4) is 0 Å². The molecular weight excluding hydrogens is 371 g/mol. The van der Waals surface area contributed by atoms with Crippen LogP contribution in [0.4, 0.5) is 18.0 Å². The summed E-state index contributed by atoms with van der Waals surface area (Å²) in [5.41, 5.74) is -2.38. The van der Waals surface area contributed by atoms with E-state index >= 15 is 0 Å². The molecule has 1 rings (SSSR count). The molecule has 0 aliphatic rings. The molecular formula is C14H17ClF3NO4S. The van der Waals surface area contributed by atoms with Crippen LogP contribution in [0.2, 0.25) is 0 Å². The first-order valence-corrected chi connectivity index (χ1v) is 9.25. The summed E-state index contributed by atoms with van der Waals surface area (Å²) in [6.07, 6.45) is -5.77. The molecule has 1 aromatic carbocycles. The van der Waals surface area contributed by atoms with Crippen molar-refractivity contribution in [3.63, 3.8) is 0 Å². The van der Waals surface area contributed by atoms with Crippen molar-refractivity contribution in [2.24, 2.45) is 0 Å². The molecule has 0 bridgehead atoms. The van der Waals surface area contributed by atoms with Crippen molar-refractivity contribution in [1.82, 2.24) is 5.32 Å². The first-order valence-electron chi connectivity index (χ1n) is 6.77. The van der Waals surface area contributed by atoms with Crippen molar-refractivity contribution in [3.8, 4) is 0 Å². The molecule has 1 amide bonds. The van der Waals surface area contributed by atoms with E-state index in [-0.39, 0.29) is 0 Å². The largest absolute Gasteiger partial charge is 0.444 e. The van der Waals surface area contributed by atoms with Gasteiger partial charge >= 0.3 is 12.3 Å². The third-order valence-electron chi connectivity index (χ3n) is 2.70. The third kappa shape index (κ3) is 6.96. The van der Waals surface area contributed by atoms with Crippen molar-refractivity contribution < 1.29 is 31.1 Å². The van der Waals surface area contributed by atoms with Gasteiger partial charge < -0.3 is 10.1 Å². The first kappa shape index (κ1) is 20.6. The number of alkyl carbamates (subject to hydrolysis) is 1. The van der Waals surface area contributed by atoms with E-state index < -0.39 is 49.8 Å². The Labute approximate surface area is 142 Å². The number of ether oxygens (including phenoxy) is 1. The summed E-state index contributed by atoms with van der Waals surface area (Å²) in [4.78, 5) is 11.8. The molecule has 1 atom stereocenters. The number of nitrogens with one attached hydrogen (secondary N) is 1. The van der Waals surface area contributed by atoms with Gasteiger partial charge in [-0.05, 0) is 32.4 Å². The van der Waals surface area contributed by atoms with E-state index in [2.05, 4.69) is 5.32 Å². The molecule has 1 N–H and O–H groups in total. The van der Waals surface area contributed by atoms with E-state index in [1.54, 1.807) is 20.8 Å². The maximum atomic E-state index is 13.1. The molecule has 0 radical (unpaired) electrons. The predicted molar refractivity (Wildman–Crippen MR) is 83.2 cm³/mol. The Balaban J connectivity index is 3.24. The lowest BCUT2D eigenvalue weighted by molar-refractivity contribution is -0.138. The monoisotopic (exact) mass is 387 g/mol. The molecule has 0 spiro atoms. The van der Waals surface area contributed by atoms with Crippen LogP contribution >= 0.6 is 10.7 Å². The Morgan fingerprint density at radius 3 is 2.25 bits per heavy atom. The van der Waals surface area contributed by atoms with E-state index in [0.717, 1.165) is 18.2 Å². The van der Waals surface area contributed by atoms with Crippen molar-refractivity contribution in [2.45, 2.75) is 38.6 Å². The number of alkyl halides is 3. The lowest BCUT2D eigenvalue weighted by atomic mass is 10.0. The summed E-state index contributed by atoms with van der Waals surface area (Å²) in [5, 5.41) is 2.13. The van der Waals surface area contributed by atoms with Gasteiger partial charge in [-0.1, -0.05) is 18.2 Å². The number of rotatable bonds is 4. The van der Waals surface area contributed by atoms with Crippen LogP contribution in [0.1, 0.15) is 37.9 Å². The minimum atomic E-state index is -4.72. The predicted octanol–water partition coefficient (Wildman–Crippen LogP) is 3.84.